The summed E-state index contributed by atoms with van der Waals surface area (Å²) in [6.07, 6.45) is 1.03. The number of rotatable bonds is 10. The van der Waals surface area contributed by atoms with Crippen molar-refractivity contribution in [2.24, 2.45) is 0 Å². The van der Waals surface area contributed by atoms with E-state index in [0.29, 0.717) is 6.61 Å². The topological polar surface area (TPSA) is 39.7 Å². The molecule has 2 unspecified atom stereocenters. The van der Waals surface area contributed by atoms with Crippen LogP contribution in [0.15, 0.2) is 24.3 Å². The molecule has 1 rings (SSSR count). The van der Waals surface area contributed by atoms with Crippen molar-refractivity contribution in [3.05, 3.63) is 29.8 Å². The molecule has 0 saturated heterocycles. The van der Waals surface area contributed by atoms with Crippen molar-refractivity contribution in [2.45, 2.75) is 32.4 Å². The molecule has 114 valence electrons. The number of likely N-dealkylation sites (N-methyl/N-ethyl adjacent to an activating group) is 1. The summed E-state index contributed by atoms with van der Waals surface area (Å²) in [6, 6.07) is 8.32. The normalized spacial score (nSPS) is 14.0. The second-order valence-electron chi connectivity index (χ2n) is 4.73. The third kappa shape index (κ3) is 5.49. The molecular weight excluding hydrogens is 254 g/mol. The van der Waals surface area contributed by atoms with Crippen molar-refractivity contribution in [1.29, 1.82) is 0 Å². The van der Waals surface area contributed by atoms with Crippen molar-refractivity contribution in [3.8, 4) is 5.75 Å². The van der Waals surface area contributed by atoms with Crippen molar-refractivity contribution in [1.82, 2.24) is 5.32 Å². The van der Waals surface area contributed by atoms with E-state index in [1.165, 1.54) is 5.56 Å². The molecule has 0 saturated carbocycles. The van der Waals surface area contributed by atoms with Crippen molar-refractivity contribution < 1.29 is 14.2 Å². The predicted molar refractivity (Wildman–Crippen MR) is 81.3 cm³/mol. The van der Waals surface area contributed by atoms with Crippen LogP contribution in [0.3, 0.4) is 0 Å². The number of hydrogen-bond acceptors (Lipinski definition) is 4. The molecule has 20 heavy (non-hydrogen) atoms. The Kier molecular flexibility index (Phi) is 8.26. The molecule has 1 aromatic carbocycles. The zero-order valence-corrected chi connectivity index (χ0v) is 13.0. The summed E-state index contributed by atoms with van der Waals surface area (Å²) in [6.45, 7) is 6.56. The lowest BCUT2D eigenvalue weighted by Gasteiger charge is -2.25. The third-order valence-electron chi connectivity index (χ3n) is 3.24. The average Bonchev–Trinajstić information content (AvgIpc) is 2.49. The van der Waals surface area contributed by atoms with Gasteiger partial charge in [-0.1, -0.05) is 19.1 Å². The number of ether oxygens (including phenoxy) is 3. The van der Waals surface area contributed by atoms with Crippen LogP contribution in [0.25, 0.3) is 0 Å². The van der Waals surface area contributed by atoms with Gasteiger partial charge in [0.05, 0.1) is 19.3 Å². The Hall–Kier alpha value is -1.10. The highest BCUT2D eigenvalue weighted by Gasteiger charge is 2.18. The standard InChI is InChI=1S/C16H27NO3/c1-5-17-16(13(2)20-12-6-11-18-3)14-7-9-15(19-4)10-8-14/h7-10,13,16-17H,5-6,11-12H2,1-4H3. The van der Waals surface area contributed by atoms with Gasteiger partial charge in [0.1, 0.15) is 5.75 Å². The zero-order valence-electron chi connectivity index (χ0n) is 13.0. The fraction of sp³-hybridized carbons (Fsp3) is 0.625. The van der Waals surface area contributed by atoms with Crippen LogP contribution >= 0.6 is 0 Å². The van der Waals surface area contributed by atoms with Crippen molar-refractivity contribution in [2.75, 3.05) is 34.0 Å². The molecule has 2 atom stereocenters. The van der Waals surface area contributed by atoms with Gasteiger partial charge in [-0.3, -0.25) is 0 Å². The van der Waals surface area contributed by atoms with Crippen molar-refractivity contribution >= 4 is 0 Å². The molecular formula is C16H27NO3. The fourth-order valence-electron chi connectivity index (χ4n) is 2.15. The highest BCUT2D eigenvalue weighted by Crippen LogP contribution is 2.22. The van der Waals surface area contributed by atoms with Gasteiger partial charge in [-0.2, -0.15) is 0 Å². The van der Waals surface area contributed by atoms with Gasteiger partial charge in [0.2, 0.25) is 0 Å². The zero-order chi connectivity index (χ0) is 14.8. The minimum atomic E-state index is 0.111. The molecule has 0 aliphatic carbocycles. The maximum absolute atomic E-state index is 5.90. The Balaban J connectivity index is 2.61. The lowest BCUT2D eigenvalue weighted by Crippen LogP contribution is -2.32. The highest BCUT2D eigenvalue weighted by atomic mass is 16.5. The van der Waals surface area contributed by atoms with E-state index in [1.54, 1.807) is 14.2 Å². The van der Waals surface area contributed by atoms with Crippen LogP contribution in [-0.2, 0) is 9.47 Å². The quantitative estimate of drug-likeness (QED) is 0.669. The van der Waals surface area contributed by atoms with Crippen LogP contribution < -0.4 is 10.1 Å². The summed E-state index contributed by atoms with van der Waals surface area (Å²) in [4.78, 5) is 0. The minimum absolute atomic E-state index is 0.111. The summed E-state index contributed by atoms with van der Waals surface area (Å²) >= 11 is 0. The molecule has 0 amide bonds. The molecule has 1 N–H and O–H groups in total. The van der Waals surface area contributed by atoms with Gasteiger partial charge in [-0.15, -0.1) is 0 Å². The second kappa shape index (κ2) is 9.75. The van der Waals surface area contributed by atoms with E-state index in [2.05, 4.69) is 31.3 Å². The molecule has 0 radical (unpaired) electrons. The molecule has 0 fully saturated rings. The summed E-state index contributed by atoms with van der Waals surface area (Å²) in [5, 5.41) is 3.48. The molecule has 4 nitrogen and oxygen atoms in total. The first-order valence-corrected chi connectivity index (χ1v) is 7.20. The Morgan fingerprint density at radius 1 is 1.10 bits per heavy atom. The number of methoxy groups -OCH3 is 2. The second-order valence-corrected chi connectivity index (χ2v) is 4.73. The molecule has 0 bridgehead atoms. The van der Waals surface area contributed by atoms with Gasteiger partial charge in [0.15, 0.2) is 0 Å². The van der Waals surface area contributed by atoms with Gasteiger partial charge >= 0.3 is 0 Å². The predicted octanol–water partition coefficient (Wildman–Crippen LogP) is 2.79. The summed E-state index contributed by atoms with van der Waals surface area (Å²) < 4.78 is 16.1. The third-order valence-corrected chi connectivity index (χ3v) is 3.24. The average molecular weight is 281 g/mol. The molecule has 4 heteroatoms. The fourth-order valence-corrected chi connectivity index (χ4v) is 2.15. The van der Waals surface area contributed by atoms with Crippen LogP contribution in [-0.4, -0.2) is 40.1 Å². The first kappa shape index (κ1) is 17.0. The van der Waals surface area contributed by atoms with E-state index in [1.807, 2.05) is 12.1 Å². The van der Waals surface area contributed by atoms with Gasteiger partial charge in [0.25, 0.3) is 0 Å². The number of hydrogen-bond donors (Lipinski definition) is 1. The lowest BCUT2D eigenvalue weighted by atomic mass is 10.0. The molecule has 0 heterocycles. The van der Waals surface area contributed by atoms with Gasteiger partial charge in [-0.05, 0) is 37.6 Å². The van der Waals surface area contributed by atoms with Gasteiger partial charge < -0.3 is 19.5 Å². The van der Waals surface area contributed by atoms with Crippen LogP contribution in [0.2, 0.25) is 0 Å². The molecule has 0 aliphatic heterocycles. The van der Waals surface area contributed by atoms with E-state index in [0.717, 1.165) is 25.3 Å². The van der Waals surface area contributed by atoms with E-state index >= 15 is 0 Å². The highest BCUT2D eigenvalue weighted by molar-refractivity contribution is 5.29. The van der Waals surface area contributed by atoms with E-state index in [-0.39, 0.29) is 12.1 Å². The van der Waals surface area contributed by atoms with Crippen molar-refractivity contribution in [3.63, 3.8) is 0 Å². The Labute approximate surface area is 122 Å². The van der Waals surface area contributed by atoms with E-state index in [4.69, 9.17) is 14.2 Å². The summed E-state index contributed by atoms with van der Waals surface area (Å²) in [5.41, 5.74) is 1.21. The summed E-state index contributed by atoms with van der Waals surface area (Å²) in [7, 11) is 3.39. The number of benzene rings is 1. The molecule has 0 spiro atoms. The molecule has 0 aliphatic rings. The first-order chi connectivity index (χ1) is 9.72. The van der Waals surface area contributed by atoms with Crippen LogP contribution in [0, 0.1) is 0 Å². The van der Waals surface area contributed by atoms with E-state index < -0.39 is 0 Å². The Morgan fingerprint density at radius 3 is 2.35 bits per heavy atom. The maximum atomic E-state index is 5.90. The van der Waals surface area contributed by atoms with Crippen LogP contribution in [0.5, 0.6) is 5.75 Å². The smallest absolute Gasteiger partial charge is 0.118 e. The Morgan fingerprint density at radius 2 is 1.80 bits per heavy atom. The van der Waals surface area contributed by atoms with Crippen LogP contribution in [0.4, 0.5) is 0 Å². The monoisotopic (exact) mass is 281 g/mol. The molecule has 0 aromatic heterocycles. The van der Waals surface area contributed by atoms with Gasteiger partial charge in [-0.25, -0.2) is 0 Å². The minimum Gasteiger partial charge on any atom is -0.497 e. The largest absolute Gasteiger partial charge is 0.497 e. The Bertz CT molecular complexity index is 353. The van der Waals surface area contributed by atoms with Gasteiger partial charge in [0, 0.05) is 20.3 Å². The van der Waals surface area contributed by atoms with Crippen LogP contribution in [0.1, 0.15) is 31.9 Å². The first-order valence-electron chi connectivity index (χ1n) is 7.20. The SMILES string of the molecule is CCNC(c1ccc(OC)cc1)C(C)OCCCOC. The molecule has 1 aromatic rings. The maximum Gasteiger partial charge on any atom is 0.118 e. The number of nitrogens with one attached hydrogen (secondary N) is 1. The summed E-state index contributed by atoms with van der Waals surface area (Å²) in [5.74, 6) is 0.873. The lowest BCUT2D eigenvalue weighted by molar-refractivity contribution is 0.0273. The van der Waals surface area contributed by atoms with E-state index in [9.17, 15) is 0 Å².